The van der Waals surface area contributed by atoms with Gasteiger partial charge in [-0.05, 0) is 56.8 Å². The minimum absolute atomic E-state index is 0.0923. The zero-order chi connectivity index (χ0) is 15.7. The minimum atomic E-state index is -0.813. The van der Waals surface area contributed by atoms with E-state index < -0.39 is 17.5 Å². The molecule has 2 atom stereocenters. The molecule has 0 radical (unpaired) electrons. The largest absolute Gasteiger partial charge is 0.481 e. The molecule has 1 heterocycles. The Kier molecular flexibility index (Phi) is 3.14. The molecule has 5 aliphatic carbocycles. The molecule has 0 aromatic carbocycles. The lowest BCUT2D eigenvalue weighted by atomic mass is 9.53. The maximum absolute atomic E-state index is 11.3. The Morgan fingerprint density at radius 1 is 1.00 bits per heavy atom. The number of rotatable bonds is 2. The van der Waals surface area contributed by atoms with E-state index in [-0.39, 0.29) is 12.3 Å². The molecular formula is C18H26O5. The summed E-state index contributed by atoms with van der Waals surface area (Å²) in [5, 5.41) is 9.26. The highest BCUT2D eigenvalue weighted by Gasteiger charge is 2.68. The summed E-state index contributed by atoms with van der Waals surface area (Å²) in [6.07, 6.45) is 9.95. The smallest absolute Gasteiger partial charge is 0.303 e. The third-order valence-corrected chi connectivity index (χ3v) is 7.29. The van der Waals surface area contributed by atoms with Crippen molar-refractivity contribution >= 4 is 5.97 Å². The molecule has 6 fully saturated rings. The van der Waals surface area contributed by atoms with Crippen molar-refractivity contribution in [3.8, 4) is 0 Å². The Bertz CT molecular complexity index is 490. The van der Waals surface area contributed by atoms with Crippen LogP contribution in [0.4, 0.5) is 0 Å². The maximum Gasteiger partial charge on any atom is 0.303 e. The second kappa shape index (κ2) is 4.93. The normalized spacial score (nSPS) is 54.2. The summed E-state index contributed by atoms with van der Waals surface area (Å²) in [6.45, 7) is 0. The second-order valence-corrected chi connectivity index (χ2v) is 8.65. The highest BCUT2D eigenvalue weighted by molar-refractivity contribution is 5.67. The monoisotopic (exact) mass is 322 g/mol. The zero-order valence-electron chi connectivity index (χ0n) is 13.5. The summed E-state index contributed by atoms with van der Waals surface area (Å²) in [4.78, 5) is 23.2. The summed E-state index contributed by atoms with van der Waals surface area (Å²) in [6, 6.07) is 0. The highest BCUT2D eigenvalue weighted by Crippen LogP contribution is 2.64. The van der Waals surface area contributed by atoms with Crippen molar-refractivity contribution in [1.82, 2.24) is 0 Å². The number of aliphatic carboxylic acids is 1. The van der Waals surface area contributed by atoms with Crippen LogP contribution in [0.3, 0.4) is 0 Å². The molecule has 2 spiro atoms. The first-order valence-electron chi connectivity index (χ1n) is 9.38. The Hall–Kier alpha value is -0.650. The van der Waals surface area contributed by atoms with Crippen LogP contribution in [-0.2, 0) is 19.3 Å². The van der Waals surface area contributed by atoms with E-state index in [0.717, 1.165) is 37.5 Å². The first-order chi connectivity index (χ1) is 11.1. The number of carboxylic acids is 1. The van der Waals surface area contributed by atoms with Gasteiger partial charge >= 0.3 is 5.97 Å². The van der Waals surface area contributed by atoms with Gasteiger partial charge in [-0.1, -0.05) is 6.42 Å². The van der Waals surface area contributed by atoms with Gasteiger partial charge in [-0.2, -0.15) is 9.78 Å². The number of hydrogen-bond donors (Lipinski definition) is 1. The van der Waals surface area contributed by atoms with Gasteiger partial charge in [0.15, 0.2) is 0 Å². The standard InChI is InChI=1S/C18H26O5/c19-16(20)10-13-3-1-2-4-17(13)21-18(23-22-17)14-6-11-5-12(8-14)9-15(18)7-11/h11-15H,1-10H2,(H,19,20)/t11?,12?,13-,14?,15?,17-,18?/m1/s1. The van der Waals surface area contributed by atoms with Crippen molar-refractivity contribution in [3.05, 3.63) is 0 Å². The average Bonchev–Trinajstić information content (AvgIpc) is 2.88. The summed E-state index contributed by atoms with van der Waals surface area (Å²) < 4.78 is 6.66. The average molecular weight is 322 g/mol. The molecule has 23 heavy (non-hydrogen) atoms. The van der Waals surface area contributed by atoms with Gasteiger partial charge < -0.3 is 9.84 Å². The Morgan fingerprint density at radius 2 is 1.70 bits per heavy atom. The summed E-state index contributed by atoms with van der Waals surface area (Å²) in [7, 11) is 0. The quantitative estimate of drug-likeness (QED) is 0.789. The number of carboxylic acid groups (broad SMARTS) is 1. The molecule has 128 valence electrons. The molecule has 0 aromatic heterocycles. The number of hydrogen-bond acceptors (Lipinski definition) is 4. The number of carbonyl (C=O) groups is 1. The lowest BCUT2D eigenvalue weighted by Crippen LogP contribution is -2.59. The minimum Gasteiger partial charge on any atom is -0.481 e. The van der Waals surface area contributed by atoms with Gasteiger partial charge in [-0.25, -0.2) is 0 Å². The van der Waals surface area contributed by atoms with Gasteiger partial charge in [0.1, 0.15) is 0 Å². The summed E-state index contributed by atoms with van der Waals surface area (Å²) in [5.41, 5.74) is 0. The Balaban J connectivity index is 1.44. The van der Waals surface area contributed by atoms with Crippen LogP contribution < -0.4 is 0 Å². The van der Waals surface area contributed by atoms with Crippen LogP contribution >= 0.6 is 0 Å². The van der Waals surface area contributed by atoms with Crippen molar-refractivity contribution in [2.24, 2.45) is 29.6 Å². The fourth-order valence-corrected chi connectivity index (χ4v) is 6.48. The third-order valence-electron chi connectivity index (χ3n) is 7.29. The molecule has 6 aliphatic rings. The van der Waals surface area contributed by atoms with Gasteiger partial charge in [-0.3, -0.25) is 4.79 Å². The van der Waals surface area contributed by atoms with Crippen LogP contribution in [0, 0.1) is 29.6 Å². The van der Waals surface area contributed by atoms with Gasteiger partial charge in [0, 0.05) is 24.2 Å². The molecule has 5 heteroatoms. The van der Waals surface area contributed by atoms with E-state index in [1.165, 1.54) is 32.1 Å². The molecule has 5 nitrogen and oxygen atoms in total. The van der Waals surface area contributed by atoms with Crippen LogP contribution in [-0.4, -0.2) is 22.7 Å². The predicted octanol–water partition coefficient (Wildman–Crippen LogP) is 3.48. The van der Waals surface area contributed by atoms with E-state index >= 15 is 0 Å². The van der Waals surface area contributed by atoms with Crippen molar-refractivity contribution < 1.29 is 24.4 Å². The lowest BCUT2D eigenvalue weighted by Gasteiger charge is -2.57. The SMILES string of the molecule is O=C(O)C[C@H]1CCCC[C@@]12OOC1(O2)C2CC3CC(C2)CC1C3. The topological polar surface area (TPSA) is 65.0 Å². The van der Waals surface area contributed by atoms with E-state index in [9.17, 15) is 9.90 Å². The third kappa shape index (κ3) is 2.06. The molecule has 1 N–H and O–H groups in total. The molecule has 6 rings (SSSR count). The Labute approximate surface area is 136 Å². The summed E-state index contributed by atoms with van der Waals surface area (Å²) >= 11 is 0. The maximum atomic E-state index is 11.3. The molecule has 1 aliphatic heterocycles. The molecule has 4 bridgehead atoms. The predicted molar refractivity (Wildman–Crippen MR) is 80.0 cm³/mol. The van der Waals surface area contributed by atoms with Crippen LogP contribution in [0.2, 0.25) is 0 Å². The fraction of sp³-hybridized carbons (Fsp3) is 0.944. The Morgan fingerprint density at radius 3 is 2.35 bits per heavy atom. The van der Waals surface area contributed by atoms with Gasteiger partial charge in [0.2, 0.25) is 11.6 Å². The fourth-order valence-electron chi connectivity index (χ4n) is 6.48. The van der Waals surface area contributed by atoms with Crippen molar-refractivity contribution in [1.29, 1.82) is 0 Å². The van der Waals surface area contributed by atoms with E-state index in [1.54, 1.807) is 0 Å². The van der Waals surface area contributed by atoms with Crippen LogP contribution in [0.15, 0.2) is 0 Å². The molecule has 5 saturated carbocycles. The van der Waals surface area contributed by atoms with E-state index in [2.05, 4.69) is 0 Å². The van der Waals surface area contributed by atoms with Crippen LogP contribution in [0.5, 0.6) is 0 Å². The molecule has 0 unspecified atom stereocenters. The van der Waals surface area contributed by atoms with Gasteiger partial charge in [0.25, 0.3) is 0 Å². The van der Waals surface area contributed by atoms with Crippen molar-refractivity contribution in [3.63, 3.8) is 0 Å². The molecule has 0 amide bonds. The zero-order valence-corrected chi connectivity index (χ0v) is 13.5. The van der Waals surface area contributed by atoms with Gasteiger partial charge in [-0.15, -0.1) is 0 Å². The molecule has 1 saturated heterocycles. The van der Waals surface area contributed by atoms with E-state index in [1.807, 2.05) is 0 Å². The highest BCUT2D eigenvalue weighted by atomic mass is 17.3. The first kappa shape index (κ1) is 14.7. The van der Waals surface area contributed by atoms with Crippen LogP contribution in [0.25, 0.3) is 0 Å². The van der Waals surface area contributed by atoms with Crippen molar-refractivity contribution in [2.75, 3.05) is 0 Å². The molecular weight excluding hydrogens is 296 g/mol. The second-order valence-electron chi connectivity index (χ2n) is 8.65. The van der Waals surface area contributed by atoms with Crippen molar-refractivity contribution in [2.45, 2.75) is 75.8 Å². The first-order valence-corrected chi connectivity index (χ1v) is 9.38. The van der Waals surface area contributed by atoms with Gasteiger partial charge in [0.05, 0.1) is 6.42 Å². The summed E-state index contributed by atoms with van der Waals surface area (Å²) in [5.74, 6) is 0.296. The van der Waals surface area contributed by atoms with Crippen LogP contribution in [0.1, 0.15) is 64.2 Å². The lowest BCUT2D eigenvalue weighted by molar-refractivity contribution is -0.393. The number of ether oxygens (including phenoxy) is 1. The molecule has 0 aromatic rings. The van der Waals surface area contributed by atoms with E-state index in [4.69, 9.17) is 14.5 Å². The van der Waals surface area contributed by atoms with E-state index in [0.29, 0.717) is 11.8 Å².